The Kier molecular flexibility index (Phi) is 4.76. The van der Waals surface area contributed by atoms with Crippen LogP contribution in [0.3, 0.4) is 0 Å². The highest BCUT2D eigenvalue weighted by molar-refractivity contribution is 6.40. The zero-order valence-corrected chi connectivity index (χ0v) is 15.5. The molecular weight excluding hydrogens is 359 g/mol. The fraction of sp³-hybridized carbons (Fsp3) is 0.263. The van der Waals surface area contributed by atoms with Gasteiger partial charge in [-0.2, -0.15) is 0 Å². The molecule has 0 radical (unpaired) electrons. The van der Waals surface area contributed by atoms with E-state index >= 15 is 0 Å². The molecule has 2 aromatic rings. The quantitative estimate of drug-likeness (QED) is 0.740. The fourth-order valence-corrected chi connectivity index (χ4v) is 3.22. The summed E-state index contributed by atoms with van der Waals surface area (Å²) in [5.41, 5.74) is 2.05. The van der Waals surface area contributed by atoms with E-state index in [0.29, 0.717) is 34.3 Å². The summed E-state index contributed by atoms with van der Waals surface area (Å²) >= 11 is 12.2. The maximum absolute atomic E-state index is 12.7. The Morgan fingerprint density at radius 3 is 2.12 bits per heavy atom. The van der Waals surface area contributed by atoms with E-state index in [9.17, 15) is 9.59 Å². The van der Waals surface area contributed by atoms with Crippen LogP contribution in [0, 0.1) is 19.3 Å². The molecule has 3 rings (SSSR count). The summed E-state index contributed by atoms with van der Waals surface area (Å²) in [6.07, 6.45) is 0.995. The van der Waals surface area contributed by atoms with Crippen LogP contribution < -0.4 is 10.6 Å². The molecule has 1 aliphatic rings. The average Bonchev–Trinajstić information content (AvgIpc) is 3.35. The molecule has 1 aliphatic carbocycles. The van der Waals surface area contributed by atoms with Crippen molar-refractivity contribution in [3.05, 3.63) is 57.6 Å². The molecule has 1 fully saturated rings. The number of carbonyl (C=O) groups is 2. The summed E-state index contributed by atoms with van der Waals surface area (Å²) in [4.78, 5) is 25.4. The second-order valence-electron chi connectivity index (χ2n) is 6.41. The first-order valence-corrected chi connectivity index (χ1v) is 8.73. The summed E-state index contributed by atoms with van der Waals surface area (Å²) in [6.45, 7) is 3.91. The standard InChI is InChI=1S/C19H18Cl2N2O2/c1-11-6-7-15(12(2)10-11)22-17(24)19(8-9-19)18(25)23-16-13(20)4-3-5-14(16)21/h3-7,10H,8-9H2,1-2H3,(H,22,24)(H,23,25). The molecule has 0 saturated heterocycles. The van der Waals surface area contributed by atoms with Crippen LogP contribution in [0.25, 0.3) is 0 Å². The van der Waals surface area contributed by atoms with Gasteiger partial charge in [-0.05, 0) is 50.5 Å². The highest BCUT2D eigenvalue weighted by atomic mass is 35.5. The van der Waals surface area contributed by atoms with Crippen LogP contribution in [0.15, 0.2) is 36.4 Å². The number of hydrogen-bond acceptors (Lipinski definition) is 2. The van der Waals surface area contributed by atoms with Crippen LogP contribution in [0.1, 0.15) is 24.0 Å². The van der Waals surface area contributed by atoms with E-state index in [0.717, 1.165) is 11.1 Å². The molecule has 130 valence electrons. The Morgan fingerprint density at radius 1 is 0.960 bits per heavy atom. The molecule has 0 aliphatic heterocycles. The lowest BCUT2D eigenvalue weighted by Gasteiger charge is -2.17. The van der Waals surface area contributed by atoms with Crippen LogP contribution in [-0.4, -0.2) is 11.8 Å². The number of aryl methyl sites for hydroxylation is 2. The lowest BCUT2D eigenvalue weighted by Crippen LogP contribution is -2.36. The van der Waals surface area contributed by atoms with Crippen molar-refractivity contribution in [1.29, 1.82) is 0 Å². The molecule has 0 unspecified atom stereocenters. The fourth-order valence-electron chi connectivity index (χ4n) is 2.73. The molecular formula is C19H18Cl2N2O2. The number of para-hydroxylation sites is 1. The second-order valence-corrected chi connectivity index (χ2v) is 7.22. The van der Waals surface area contributed by atoms with Gasteiger partial charge in [0, 0.05) is 5.69 Å². The first-order chi connectivity index (χ1) is 11.8. The van der Waals surface area contributed by atoms with Crippen molar-refractivity contribution in [2.75, 3.05) is 10.6 Å². The van der Waals surface area contributed by atoms with Crippen LogP contribution in [0.5, 0.6) is 0 Å². The van der Waals surface area contributed by atoms with E-state index in [-0.39, 0.29) is 11.8 Å². The third kappa shape index (κ3) is 3.51. The Hall–Kier alpha value is -2.04. The maximum Gasteiger partial charge on any atom is 0.240 e. The van der Waals surface area contributed by atoms with E-state index in [1.54, 1.807) is 18.2 Å². The topological polar surface area (TPSA) is 58.2 Å². The third-order valence-electron chi connectivity index (χ3n) is 4.45. The highest BCUT2D eigenvalue weighted by Gasteiger charge is 2.56. The van der Waals surface area contributed by atoms with Crippen molar-refractivity contribution >= 4 is 46.4 Å². The van der Waals surface area contributed by atoms with Crippen molar-refractivity contribution < 1.29 is 9.59 Å². The van der Waals surface area contributed by atoms with Gasteiger partial charge in [-0.1, -0.05) is 47.0 Å². The smallest absolute Gasteiger partial charge is 0.240 e. The largest absolute Gasteiger partial charge is 0.325 e. The molecule has 2 aromatic carbocycles. The summed E-state index contributed by atoms with van der Waals surface area (Å²) in [6, 6.07) is 10.7. The Bertz CT molecular complexity index is 840. The average molecular weight is 377 g/mol. The second kappa shape index (κ2) is 6.70. The molecule has 1 saturated carbocycles. The van der Waals surface area contributed by atoms with Crippen LogP contribution in [0.4, 0.5) is 11.4 Å². The molecule has 2 N–H and O–H groups in total. The summed E-state index contributed by atoms with van der Waals surface area (Å²) in [5, 5.41) is 6.26. The first kappa shape index (κ1) is 17.8. The zero-order valence-electron chi connectivity index (χ0n) is 14.0. The number of rotatable bonds is 4. The van der Waals surface area contributed by atoms with Gasteiger partial charge in [0.05, 0.1) is 15.7 Å². The van der Waals surface area contributed by atoms with Gasteiger partial charge in [0.15, 0.2) is 0 Å². The number of halogens is 2. The summed E-state index contributed by atoms with van der Waals surface area (Å²) < 4.78 is 0. The normalized spacial score (nSPS) is 14.7. The summed E-state index contributed by atoms with van der Waals surface area (Å²) in [5.74, 6) is -0.690. The van der Waals surface area contributed by atoms with Crippen molar-refractivity contribution in [2.45, 2.75) is 26.7 Å². The van der Waals surface area contributed by atoms with Crippen molar-refractivity contribution in [2.24, 2.45) is 5.41 Å². The van der Waals surface area contributed by atoms with Gasteiger partial charge in [0.1, 0.15) is 5.41 Å². The molecule has 6 heteroatoms. The molecule has 4 nitrogen and oxygen atoms in total. The lowest BCUT2D eigenvalue weighted by molar-refractivity contribution is -0.131. The minimum Gasteiger partial charge on any atom is -0.325 e. The van der Waals surface area contributed by atoms with E-state index in [2.05, 4.69) is 10.6 Å². The van der Waals surface area contributed by atoms with Gasteiger partial charge in [0.25, 0.3) is 0 Å². The third-order valence-corrected chi connectivity index (χ3v) is 5.08. The predicted molar refractivity (Wildman–Crippen MR) is 101 cm³/mol. The van der Waals surface area contributed by atoms with Crippen molar-refractivity contribution in [3.8, 4) is 0 Å². The molecule has 0 aromatic heterocycles. The SMILES string of the molecule is Cc1ccc(NC(=O)C2(C(=O)Nc3c(Cl)cccc3Cl)CC2)c(C)c1. The molecule has 25 heavy (non-hydrogen) atoms. The lowest BCUT2D eigenvalue weighted by atomic mass is 10.0. The minimum atomic E-state index is -1.07. The predicted octanol–water partition coefficient (Wildman–Crippen LogP) is 4.97. The molecule has 0 atom stereocenters. The van der Waals surface area contributed by atoms with E-state index in [1.165, 1.54) is 0 Å². The summed E-state index contributed by atoms with van der Waals surface area (Å²) in [7, 11) is 0. The number of carbonyl (C=O) groups excluding carboxylic acids is 2. The van der Waals surface area contributed by atoms with E-state index in [4.69, 9.17) is 23.2 Å². The van der Waals surface area contributed by atoms with Gasteiger partial charge in [-0.3, -0.25) is 9.59 Å². The minimum absolute atomic E-state index is 0.305. The number of amides is 2. The van der Waals surface area contributed by atoms with Crippen LogP contribution in [0.2, 0.25) is 10.0 Å². The molecule has 0 bridgehead atoms. The number of benzene rings is 2. The van der Waals surface area contributed by atoms with Gasteiger partial charge < -0.3 is 10.6 Å². The van der Waals surface area contributed by atoms with Crippen LogP contribution in [-0.2, 0) is 9.59 Å². The highest BCUT2D eigenvalue weighted by Crippen LogP contribution is 2.48. The first-order valence-electron chi connectivity index (χ1n) is 7.98. The Morgan fingerprint density at radius 2 is 1.56 bits per heavy atom. The van der Waals surface area contributed by atoms with Gasteiger partial charge in [0.2, 0.25) is 11.8 Å². The molecule has 2 amide bonds. The van der Waals surface area contributed by atoms with Crippen molar-refractivity contribution in [1.82, 2.24) is 0 Å². The van der Waals surface area contributed by atoms with Crippen LogP contribution >= 0.6 is 23.2 Å². The van der Waals surface area contributed by atoms with Gasteiger partial charge in [-0.25, -0.2) is 0 Å². The monoisotopic (exact) mass is 376 g/mol. The Labute approximate surface area is 156 Å². The number of anilines is 2. The zero-order chi connectivity index (χ0) is 18.2. The molecule has 0 heterocycles. The van der Waals surface area contributed by atoms with Crippen molar-refractivity contribution in [3.63, 3.8) is 0 Å². The number of hydrogen-bond donors (Lipinski definition) is 2. The van der Waals surface area contributed by atoms with E-state index < -0.39 is 5.41 Å². The van der Waals surface area contributed by atoms with E-state index in [1.807, 2.05) is 32.0 Å². The maximum atomic E-state index is 12.7. The van der Waals surface area contributed by atoms with Gasteiger partial charge >= 0.3 is 0 Å². The van der Waals surface area contributed by atoms with Gasteiger partial charge in [-0.15, -0.1) is 0 Å². The number of nitrogens with one attached hydrogen (secondary N) is 2. The Balaban J connectivity index is 1.77. The molecule has 0 spiro atoms.